The normalized spacial score (nSPS) is 11.8. The number of aryl methyl sites for hydroxylation is 4. The zero-order valence-electron chi connectivity index (χ0n) is 77.4. The Bertz CT molecular complexity index is 6140. The number of nitrogens with two attached hydrogens (primary N) is 1. The van der Waals surface area contributed by atoms with Gasteiger partial charge in [-0.15, -0.1) is 0 Å². The summed E-state index contributed by atoms with van der Waals surface area (Å²) in [7, 11) is 12.3. The van der Waals surface area contributed by atoms with E-state index in [1.165, 1.54) is 24.3 Å². The first kappa shape index (κ1) is 125. The lowest BCUT2D eigenvalue weighted by Gasteiger charge is -2.15. The highest BCUT2D eigenvalue weighted by atomic mass is 127. The molecule has 0 spiro atoms. The number of aliphatic hydroxyl groups excluding tert-OH is 1. The van der Waals surface area contributed by atoms with Crippen LogP contribution in [0.3, 0.4) is 0 Å². The number of anilines is 3. The van der Waals surface area contributed by atoms with Crippen LogP contribution >= 0.6 is 123 Å². The quantitative estimate of drug-likeness (QED) is 0.0114. The van der Waals surface area contributed by atoms with Crippen LogP contribution in [0.1, 0.15) is 117 Å². The number of hydrogen-bond acceptors (Lipinski definition) is 23. The number of benzene rings is 7. The van der Waals surface area contributed by atoms with Gasteiger partial charge in [0.05, 0.1) is 84.5 Å². The molecule has 9 N–H and O–H groups in total. The lowest BCUT2D eigenvalue weighted by atomic mass is 9.80. The van der Waals surface area contributed by atoms with E-state index in [-0.39, 0.29) is 63.7 Å². The highest BCUT2D eigenvalue weighted by Gasteiger charge is 2.38. The van der Waals surface area contributed by atoms with Crippen LogP contribution in [-0.2, 0) is 19.7 Å². The molecule has 0 aliphatic heterocycles. The predicted molar refractivity (Wildman–Crippen MR) is 605 cm³/mol. The largest absolute Gasteiger partial charge is 0.507 e. The molecule has 2 aliphatic carbocycles. The Morgan fingerprint density at radius 2 is 0.870 bits per heavy atom. The molecule has 0 unspecified atom stereocenters. The molecular formula is C102H140BBr2Cl4I2N13O12S2. The lowest BCUT2D eigenvalue weighted by molar-refractivity contribution is 0.263. The summed E-state index contributed by atoms with van der Waals surface area (Å²) in [5.74, 6) is 4.84. The van der Waals surface area contributed by atoms with Crippen LogP contribution in [-0.4, -0.2) is 245 Å². The predicted octanol–water partition coefficient (Wildman–Crippen LogP) is 23.9. The van der Waals surface area contributed by atoms with Crippen molar-refractivity contribution in [2.75, 3.05) is 147 Å². The highest BCUT2D eigenvalue weighted by molar-refractivity contribution is 14.1. The number of sulfone groups is 2. The number of H-pyrrole nitrogens is 2. The smallest absolute Gasteiger partial charge is 0.488 e. The fourth-order valence-corrected chi connectivity index (χ4v) is 19.7. The first-order chi connectivity index (χ1) is 63.1. The van der Waals surface area contributed by atoms with Crippen LogP contribution in [0.2, 0.25) is 20.1 Å². The number of rotatable bonds is 31. The standard InChI is InChI=1S/C26H29N3O3S.C17H21BrClN3O.C17H20ClN3O.C11H15ClINO.C9H11BO4S.C6H7BrN2.C6H4ClIO.C5H13NO.5CH4/c1-17-14-22-24-21(18-6-4-7-20(15-18)33(30,31)19-8-9-19)10-11-23(32-13-5-12-29(2)3)25(24)28-26(22)27-16-17;1-12-9-14(18)17(20-11-12)21-15-10-13(19)5-6-16(15)23-8-4-7-22(2)3;1-11-9-12-15-13(18)5-6-14(22-8-4-7-21(2)3)16(15)20-17(12)19-10-11;1-14(2)6-3-7-15-11-5-4-9(12)8-10(11)13;11-10(12)7-2-1-3-9(6-7)15(13,14)8-4-5-8;1-4-2-5(7)6(8)9-3-4;7-4-1-2-6(9)5(8)3-4;1-6(2)4-3-5-7;;;;;/h4,6-7,10-11,14-16,19H,5,8-9,12-13H2,1-3H3,(H,27,28);5-6,9-11H,4,7-8H2,1-3H3,(H,20,21);5-6,9-10H,4,7-8H2,1-3H3,(H,19,20);4-5,8H,3,6-7H2,1-2H3;1-3,6,8,11-12H,4-5H2;2-3H,1H3,(H2,8,9);1-3,9H;7H,3-5H2,1-2H3;5*1H4. The van der Waals surface area contributed by atoms with Crippen molar-refractivity contribution in [3.8, 4) is 39.9 Å². The Labute approximate surface area is 884 Å². The van der Waals surface area contributed by atoms with E-state index in [0.717, 1.165) is 217 Å². The molecule has 13 aromatic rings. The number of aromatic amines is 2. The molecule has 138 heavy (non-hydrogen) atoms. The molecule has 756 valence electrons. The van der Waals surface area contributed by atoms with Crippen molar-refractivity contribution in [1.82, 2.24) is 54.4 Å². The summed E-state index contributed by atoms with van der Waals surface area (Å²) in [5, 5.41) is 44.7. The number of hydrogen-bond donors (Lipinski definition) is 8. The summed E-state index contributed by atoms with van der Waals surface area (Å²) in [4.78, 5) is 35.3. The number of nitrogen functional groups attached to an aromatic ring is 1. The molecule has 0 amide bonds. The van der Waals surface area contributed by atoms with Gasteiger partial charge in [-0.3, -0.25) is 0 Å². The number of nitrogens with zero attached hydrogens (tertiary/aromatic N) is 9. The van der Waals surface area contributed by atoms with Gasteiger partial charge in [-0.1, -0.05) is 108 Å². The van der Waals surface area contributed by atoms with Crippen molar-refractivity contribution in [3.05, 3.63) is 235 Å². The molecule has 0 saturated heterocycles. The molecule has 36 heteroatoms. The summed E-state index contributed by atoms with van der Waals surface area (Å²) in [6.45, 7) is 16.0. The first-order valence-corrected chi connectivity index (χ1v) is 51.5. The van der Waals surface area contributed by atoms with Crippen LogP contribution in [0.5, 0.6) is 28.7 Å². The van der Waals surface area contributed by atoms with Gasteiger partial charge in [0, 0.05) is 94.2 Å². The Kier molecular flexibility index (Phi) is 55.6. The van der Waals surface area contributed by atoms with Crippen LogP contribution < -0.4 is 35.5 Å². The average Bonchev–Trinajstić information content (AvgIpc) is 1.59. The Morgan fingerprint density at radius 3 is 1.31 bits per heavy atom. The van der Waals surface area contributed by atoms with E-state index in [4.69, 9.17) is 91.3 Å². The maximum absolute atomic E-state index is 12.9. The molecule has 2 aliphatic rings. The summed E-state index contributed by atoms with van der Waals surface area (Å²) in [6, 6.07) is 45.2. The molecule has 6 aromatic heterocycles. The minimum atomic E-state index is -3.26. The molecular weight excluding hydrogens is 2230 g/mol. The van der Waals surface area contributed by atoms with Gasteiger partial charge in [-0.2, -0.15) is 0 Å². The molecule has 25 nitrogen and oxygen atoms in total. The molecule has 0 bridgehead atoms. The van der Waals surface area contributed by atoms with E-state index < -0.39 is 26.8 Å². The summed E-state index contributed by atoms with van der Waals surface area (Å²) in [5.41, 5.74) is 16.1. The Morgan fingerprint density at radius 1 is 0.471 bits per heavy atom. The number of nitrogens with one attached hydrogen (secondary N) is 3. The van der Waals surface area contributed by atoms with E-state index in [1.54, 1.807) is 30.5 Å². The number of aliphatic hydroxyl groups is 1. The Balaban J connectivity index is 0.000000422. The van der Waals surface area contributed by atoms with Gasteiger partial charge in [-0.05, 0) is 406 Å². The monoisotopic (exact) mass is 2370 g/mol. The van der Waals surface area contributed by atoms with E-state index in [1.807, 2.05) is 174 Å². The molecule has 7 aromatic carbocycles. The maximum atomic E-state index is 12.9. The molecule has 0 radical (unpaired) electrons. The van der Waals surface area contributed by atoms with Gasteiger partial charge in [0.25, 0.3) is 0 Å². The number of phenolic OH excluding ortho intramolecular Hbond substituents is 1. The van der Waals surface area contributed by atoms with E-state index in [2.05, 4.69) is 183 Å². The second kappa shape index (κ2) is 61.5. The topological polar surface area (TPSA) is 324 Å². The summed E-state index contributed by atoms with van der Waals surface area (Å²) >= 11 is 35.0. The first-order valence-electron chi connectivity index (χ1n) is 43.2. The van der Waals surface area contributed by atoms with Crippen molar-refractivity contribution >= 4 is 217 Å². The van der Waals surface area contributed by atoms with Crippen molar-refractivity contribution < 1.29 is 56.0 Å². The molecule has 2 fully saturated rings. The van der Waals surface area contributed by atoms with Crippen molar-refractivity contribution in [3.63, 3.8) is 0 Å². The molecule has 15 rings (SSSR count). The number of fused-ring (bicyclic) bond motifs is 6. The lowest BCUT2D eigenvalue weighted by Crippen LogP contribution is -2.30. The maximum Gasteiger partial charge on any atom is 0.488 e. The van der Waals surface area contributed by atoms with Gasteiger partial charge >= 0.3 is 7.12 Å². The minimum Gasteiger partial charge on any atom is -0.507 e. The third-order valence-electron chi connectivity index (χ3n) is 20.0. The third kappa shape index (κ3) is 40.4. The Hall–Kier alpha value is -7.44. The number of ether oxygens (including phenoxy) is 4. The fourth-order valence-electron chi connectivity index (χ4n) is 12.9. The minimum absolute atomic E-state index is 0. The molecule has 2 saturated carbocycles. The van der Waals surface area contributed by atoms with Crippen molar-refractivity contribution in [2.24, 2.45) is 0 Å². The van der Waals surface area contributed by atoms with Crippen LogP contribution in [0, 0.1) is 34.8 Å². The van der Waals surface area contributed by atoms with Crippen molar-refractivity contribution in [1.29, 1.82) is 0 Å². The van der Waals surface area contributed by atoms with Crippen LogP contribution in [0.15, 0.2) is 195 Å². The molecule has 6 heterocycles. The van der Waals surface area contributed by atoms with E-state index in [0.29, 0.717) is 65.1 Å². The average molecular weight is 2370 g/mol. The fraction of sp³-hybridized carbons (Fsp3) is 0.392. The van der Waals surface area contributed by atoms with Gasteiger partial charge in [0.1, 0.15) is 51.7 Å². The second-order valence-electron chi connectivity index (χ2n) is 33.2. The van der Waals surface area contributed by atoms with Gasteiger partial charge < -0.3 is 84.7 Å². The SMILES string of the molecule is C.C.C.C.C.CN(C)CCCO.CN(C)CCCOc1ccc(Cl)cc1I.Cc1cnc(N)c(Br)c1.Cc1cnc(Nc2cc(Cl)ccc2OCCCN(C)C)c(Br)c1.Cc1cnc2[nH]c3c(OCCCN(C)C)ccc(-c4cccc(S(=O)(=O)C5CC5)c4)c3c2c1.Cc1cnc2[nH]c3c(OCCCN(C)C)ccc(Cl)c3c2c1.O=S(=O)(c1cccc(B(O)O)c1)C1CC1.Oc1ccc(Cl)cc1I. The zero-order valence-corrected chi connectivity index (χ0v) is 89.6. The third-order valence-corrected chi connectivity index (χ3v) is 28.5. The van der Waals surface area contributed by atoms with E-state index >= 15 is 0 Å². The number of pyridine rings is 4. The number of aromatic nitrogens is 6. The van der Waals surface area contributed by atoms with Crippen LogP contribution in [0.25, 0.3) is 55.0 Å². The highest BCUT2D eigenvalue weighted by Crippen LogP contribution is 2.43. The van der Waals surface area contributed by atoms with Crippen molar-refractivity contribution in [2.45, 2.75) is 143 Å². The number of phenols is 1. The zero-order chi connectivity index (χ0) is 97.4. The summed E-state index contributed by atoms with van der Waals surface area (Å²) < 4.78 is 76.6. The van der Waals surface area contributed by atoms with Gasteiger partial charge in [-0.25, -0.2) is 36.8 Å². The second-order valence-corrected chi connectivity index (χ2v) is 43.5. The molecule has 0 atom stereocenters. The van der Waals surface area contributed by atoms with Crippen LogP contribution in [0.4, 0.5) is 17.3 Å². The van der Waals surface area contributed by atoms with Gasteiger partial charge in [0.2, 0.25) is 0 Å². The summed E-state index contributed by atoms with van der Waals surface area (Å²) in [6.07, 6.45) is 14.9. The number of halogens is 8. The van der Waals surface area contributed by atoms with Gasteiger partial charge in [0.15, 0.2) is 19.7 Å². The van der Waals surface area contributed by atoms with E-state index in [9.17, 15) is 16.8 Å². The number of aromatic hydroxyl groups is 1.